The lowest BCUT2D eigenvalue weighted by molar-refractivity contribution is -0.138. The van der Waals surface area contributed by atoms with Gasteiger partial charge in [-0.1, -0.05) is 24.3 Å². The molecule has 2 aromatic rings. The van der Waals surface area contributed by atoms with Crippen molar-refractivity contribution < 1.29 is 33.1 Å². The largest absolute Gasteiger partial charge is 0.481 e. The van der Waals surface area contributed by atoms with E-state index in [2.05, 4.69) is 10.6 Å². The highest BCUT2D eigenvalue weighted by Gasteiger charge is 2.34. The Morgan fingerprint density at radius 3 is 2.39 bits per heavy atom. The molecule has 0 spiro atoms. The second kappa shape index (κ2) is 9.60. The number of aliphatic carboxylic acids is 1. The van der Waals surface area contributed by atoms with Crippen molar-refractivity contribution in [1.29, 1.82) is 0 Å². The van der Waals surface area contributed by atoms with Crippen molar-refractivity contribution >= 4 is 23.7 Å². The Kier molecular flexibility index (Phi) is 6.86. The Hall–Kier alpha value is -4.08. The number of carboxylic acids is 1. The van der Waals surface area contributed by atoms with E-state index in [0.29, 0.717) is 16.8 Å². The number of nitrogens with one attached hydrogen (secondary N) is 2. The number of hydrogen-bond acceptors (Lipinski definition) is 4. The number of carboxylic acid groups (broad SMARTS) is 1. The summed E-state index contributed by atoms with van der Waals surface area (Å²) in [5.41, 5.74) is 1.42. The maximum absolute atomic E-state index is 14.0. The molecule has 0 bridgehead atoms. The lowest BCUT2D eigenvalue weighted by Gasteiger charge is -2.28. The van der Waals surface area contributed by atoms with Crippen LogP contribution in [0, 0.1) is 11.6 Å². The van der Waals surface area contributed by atoms with Crippen LogP contribution in [0.3, 0.4) is 0 Å². The van der Waals surface area contributed by atoms with Gasteiger partial charge in [-0.05, 0) is 30.2 Å². The minimum atomic E-state index is -1.42. The SMILES string of the molecule is CC1=CC(=O)C(NC(=O)NC(CC(=O)O)c2ccc(-c3ccc(F)cc3F)cc2)C(=O)N1C. The highest BCUT2D eigenvalue weighted by Crippen LogP contribution is 2.26. The maximum atomic E-state index is 14.0. The fourth-order valence-corrected chi connectivity index (χ4v) is 3.38. The number of halogens is 2. The number of likely N-dealkylation sites (N-methyl/N-ethyl adjacent to an activating group) is 1. The second-order valence-electron chi connectivity index (χ2n) is 7.53. The highest BCUT2D eigenvalue weighted by atomic mass is 19.1. The number of hydrogen-bond donors (Lipinski definition) is 3. The number of rotatable bonds is 6. The topological polar surface area (TPSA) is 116 Å². The lowest BCUT2D eigenvalue weighted by atomic mass is 9.99. The van der Waals surface area contributed by atoms with Gasteiger partial charge in [-0.25, -0.2) is 13.6 Å². The van der Waals surface area contributed by atoms with Crippen molar-refractivity contribution in [1.82, 2.24) is 15.5 Å². The summed E-state index contributed by atoms with van der Waals surface area (Å²) in [6, 6.07) is 5.86. The van der Waals surface area contributed by atoms with Gasteiger partial charge in [0.25, 0.3) is 5.91 Å². The quantitative estimate of drug-likeness (QED) is 0.577. The normalized spacial score (nSPS) is 16.8. The maximum Gasteiger partial charge on any atom is 0.316 e. The van der Waals surface area contributed by atoms with Crippen LogP contribution in [0.1, 0.15) is 24.9 Å². The molecule has 2 atom stereocenters. The van der Waals surface area contributed by atoms with Gasteiger partial charge in [-0.15, -0.1) is 0 Å². The van der Waals surface area contributed by atoms with Gasteiger partial charge in [0.2, 0.25) is 0 Å². The standard InChI is InChI=1S/C23H21F2N3O5/c1-12-9-19(29)21(22(32)28(12)2)27-23(33)26-18(11-20(30)31)14-5-3-13(4-6-14)16-8-7-15(24)10-17(16)25/h3-10,18,21H,11H2,1-2H3,(H,30,31)(H2,26,27,33). The molecule has 3 amide bonds. The van der Waals surface area contributed by atoms with E-state index in [1.54, 1.807) is 6.92 Å². The number of allylic oxidation sites excluding steroid dienone is 1. The summed E-state index contributed by atoms with van der Waals surface area (Å²) in [5.74, 6) is -3.87. The van der Waals surface area contributed by atoms with E-state index in [4.69, 9.17) is 0 Å². The Balaban J connectivity index is 1.77. The van der Waals surface area contributed by atoms with Gasteiger partial charge in [-0.2, -0.15) is 0 Å². The lowest BCUT2D eigenvalue weighted by Crippen LogP contribution is -2.56. The molecule has 3 rings (SSSR count). The molecule has 3 N–H and O–H groups in total. The second-order valence-corrected chi connectivity index (χ2v) is 7.53. The molecule has 0 aromatic heterocycles. The van der Waals surface area contributed by atoms with Gasteiger partial charge in [0, 0.05) is 30.5 Å². The monoisotopic (exact) mass is 457 g/mol. The molecular formula is C23H21F2N3O5. The first-order valence-electron chi connectivity index (χ1n) is 9.90. The molecule has 33 heavy (non-hydrogen) atoms. The minimum Gasteiger partial charge on any atom is -0.481 e. The fraction of sp³-hybridized carbons (Fsp3) is 0.217. The van der Waals surface area contributed by atoms with Gasteiger partial charge in [0.1, 0.15) is 11.6 Å². The molecule has 1 heterocycles. The molecule has 0 radical (unpaired) electrons. The fourth-order valence-electron chi connectivity index (χ4n) is 3.38. The molecule has 1 aliphatic heterocycles. The van der Waals surface area contributed by atoms with Crippen LogP contribution in [0.25, 0.3) is 11.1 Å². The van der Waals surface area contributed by atoms with E-state index in [0.717, 1.165) is 12.1 Å². The molecule has 0 saturated carbocycles. The number of carbonyl (C=O) groups excluding carboxylic acids is 3. The predicted octanol–water partition coefficient (Wildman–Crippen LogP) is 2.76. The summed E-state index contributed by atoms with van der Waals surface area (Å²) in [7, 11) is 1.46. The molecule has 0 aliphatic carbocycles. The first kappa shape index (κ1) is 23.6. The van der Waals surface area contributed by atoms with Crippen LogP contribution in [0.2, 0.25) is 0 Å². The highest BCUT2D eigenvalue weighted by molar-refractivity contribution is 6.14. The minimum absolute atomic E-state index is 0.158. The van der Waals surface area contributed by atoms with Crippen molar-refractivity contribution in [3.63, 3.8) is 0 Å². The van der Waals surface area contributed by atoms with Gasteiger partial charge in [0.05, 0.1) is 12.5 Å². The summed E-state index contributed by atoms with van der Waals surface area (Å²) in [4.78, 5) is 49.5. The van der Waals surface area contributed by atoms with Gasteiger partial charge >= 0.3 is 12.0 Å². The van der Waals surface area contributed by atoms with Crippen molar-refractivity contribution in [2.75, 3.05) is 7.05 Å². The van der Waals surface area contributed by atoms with E-state index >= 15 is 0 Å². The zero-order chi connectivity index (χ0) is 24.3. The summed E-state index contributed by atoms with van der Waals surface area (Å²) in [6.07, 6.45) is 0.748. The van der Waals surface area contributed by atoms with Gasteiger partial charge in [0.15, 0.2) is 11.8 Å². The van der Waals surface area contributed by atoms with E-state index in [-0.39, 0.29) is 5.56 Å². The number of amides is 3. The average Bonchev–Trinajstić information content (AvgIpc) is 2.75. The molecule has 10 heteroatoms. The van der Waals surface area contributed by atoms with E-state index in [9.17, 15) is 33.1 Å². The summed E-state index contributed by atoms with van der Waals surface area (Å²) in [6.45, 7) is 1.58. The molecule has 8 nitrogen and oxygen atoms in total. The Labute approximate surface area is 187 Å². The summed E-state index contributed by atoms with van der Waals surface area (Å²) < 4.78 is 27.2. The van der Waals surface area contributed by atoms with Crippen LogP contribution in [0.5, 0.6) is 0 Å². The number of ketones is 1. The third-order valence-electron chi connectivity index (χ3n) is 5.26. The van der Waals surface area contributed by atoms with Gasteiger partial charge < -0.3 is 20.6 Å². The number of nitrogens with zero attached hydrogens (tertiary/aromatic N) is 1. The smallest absolute Gasteiger partial charge is 0.316 e. The summed E-state index contributed by atoms with van der Waals surface area (Å²) in [5, 5.41) is 14.0. The zero-order valence-corrected chi connectivity index (χ0v) is 17.8. The summed E-state index contributed by atoms with van der Waals surface area (Å²) >= 11 is 0. The van der Waals surface area contributed by atoms with E-state index < -0.39 is 53.8 Å². The van der Waals surface area contributed by atoms with Gasteiger partial charge in [-0.3, -0.25) is 14.4 Å². The van der Waals surface area contributed by atoms with Crippen LogP contribution in [-0.2, 0) is 14.4 Å². The number of benzene rings is 2. The predicted molar refractivity (Wildman–Crippen MR) is 114 cm³/mol. The van der Waals surface area contributed by atoms with Crippen molar-refractivity contribution in [2.24, 2.45) is 0 Å². The zero-order valence-electron chi connectivity index (χ0n) is 17.8. The first-order valence-corrected chi connectivity index (χ1v) is 9.90. The van der Waals surface area contributed by atoms with Crippen molar-refractivity contribution in [2.45, 2.75) is 25.4 Å². The van der Waals surface area contributed by atoms with Crippen LogP contribution in [-0.4, -0.2) is 46.8 Å². The number of urea groups is 1. The third-order valence-corrected chi connectivity index (χ3v) is 5.26. The Morgan fingerprint density at radius 1 is 1.12 bits per heavy atom. The molecule has 1 aliphatic rings. The van der Waals surface area contributed by atoms with Crippen molar-refractivity contribution in [3.05, 3.63) is 71.4 Å². The molecule has 0 saturated heterocycles. The van der Waals surface area contributed by atoms with Crippen LogP contribution in [0.15, 0.2) is 54.2 Å². The Morgan fingerprint density at radius 2 is 1.79 bits per heavy atom. The molecule has 172 valence electrons. The molecule has 0 fully saturated rings. The van der Waals surface area contributed by atoms with Crippen molar-refractivity contribution in [3.8, 4) is 11.1 Å². The number of carbonyl (C=O) groups is 4. The van der Waals surface area contributed by atoms with Crippen LogP contribution >= 0.6 is 0 Å². The average molecular weight is 457 g/mol. The van der Waals surface area contributed by atoms with Crippen LogP contribution in [0.4, 0.5) is 13.6 Å². The van der Waals surface area contributed by atoms with E-state index in [1.807, 2.05) is 0 Å². The molecular weight excluding hydrogens is 436 g/mol. The first-order chi connectivity index (χ1) is 15.6. The van der Waals surface area contributed by atoms with E-state index in [1.165, 1.54) is 48.4 Å². The Bertz CT molecular complexity index is 1150. The van der Waals surface area contributed by atoms with Crippen LogP contribution < -0.4 is 10.6 Å². The third kappa shape index (κ3) is 5.40. The molecule has 2 aromatic carbocycles. The molecule has 2 unspecified atom stereocenters.